The maximum atomic E-state index is 3.48. The van der Waals surface area contributed by atoms with Gasteiger partial charge >= 0.3 is 0 Å². The Morgan fingerprint density at radius 2 is 2.00 bits per heavy atom. The zero-order valence-electron chi connectivity index (χ0n) is 11.7. The maximum Gasteiger partial charge on any atom is 0.0369 e. The fraction of sp³-hybridized carbons (Fsp3) is 0.600. The molecular weight excluding hydrogens is 240 g/mol. The topological polar surface area (TPSA) is 15.3 Å². The summed E-state index contributed by atoms with van der Waals surface area (Å²) < 4.78 is 0. The van der Waals surface area contributed by atoms with Crippen molar-refractivity contribution < 1.29 is 0 Å². The Morgan fingerprint density at radius 1 is 1.28 bits per heavy atom. The number of aryl methyl sites for hydroxylation is 1. The van der Waals surface area contributed by atoms with Gasteiger partial charge < -0.3 is 10.2 Å². The average molecular weight is 264 g/mol. The van der Waals surface area contributed by atoms with Crippen molar-refractivity contribution in [3.05, 3.63) is 29.3 Å². The van der Waals surface area contributed by atoms with Crippen LogP contribution in [0.3, 0.4) is 0 Å². The van der Waals surface area contributed by atoms with Gasteiger partial charge in [0.2, 0.25) is 0 Å². The molecule has 1 aliphatic heterocycles. The molecule has 0 aliphatic carbocycles. The Kier molecular flexibility index (Phi) is 4.95. The maximum absolute atomic E-state index is 3.48. The molecule has 1 aromatic carbocycles. The third-order valence-electron chi connectivity index (χ3n) is 3.40. The van der Waals surface area contributed by atoms with Gasteiger partial charge in [-0.2, -0.15) is 11.8 Å². The summed E-state index contributed by atoms with van der Waals surface area (Å²) in [5, 5.41) is 3.48. The molecular formula is C15H24N2S. The van der Waals surface area contributed by atoms with E-state index in [1.54, 1.807) is 0 Å². The molecule has 0 amide bonds. The highest BCUT2D eigenvalue weighted by Crippen LogP contribution is 2.22. The van der Waals surface area contributed by atoms with E-state index in [4.69, 9.17) is 0 Å². The highest BCUT2D eigenvalue weighted by molar-refractivity contribution is 7.99. The number of nitrogens with one attached hydrogen (secondary N) is 1. The molecule has 1 saturated heterocycles. The van der Waals surface area contributed by atoms with E-state index in [9.17, 15) is 0 Å². The molecule has 0 atom stereocenters. The molecule has 3 heteroatoms. The highest BCUT2D eigenvalue weighted by Gasteiger charge is 2.11. The van der Waals surface area contributed by atoms with E-state index < -0.39 is 0 Å². The predicted octanol–water partition coefficient (Wildman–Crippen LogP) is 3.05. The van der Waals surface area contributed by atoms with Gasteiger partial charge in [-0.05, 0) is 30.2 Å². The number of thioether (sulfide) groups is 1. The summed E-state index contributed by atoms with van der Waals surface area (Å²) in [4.78, 5) is 2.50. The average Bonchev–Trinajstić information content (AvgIpc) is 2.38. The fourth-order valence-corrected chi connectivity index (χ4v) is 3.11. The van der Waals surface area contributed by atoms with Gasteiger partial charge in [-0.1, -0.05) is 19.9 Å². The van der Waals surface area contributed by atoms with Gasteiger partial charge in [0, 0.05) is 42.9 Å². The van der Waals surface area contributed by atoms with E-state index in [1.165, 1.54) is 41.4 Å². The second-order valence-corrected chi connectivity index (χ2v) is 6.47. The lowest BCUT2D eigenvalue weighted by Crippen LogP contribution is -2.32. The van der Waals surface area contributed by atoms with Crippen LogP contribution in [-0.2, 0) is 6.54 Å². The SMILES string of the molecule is Cc1cc(N2CCSCC2)ccc1CNC(C)C. The van der Waals surface area contributed by atoms with Gasteiger partial charge in [-0.3, -0.25) is 0 Å². The van der Waals surface area contributed by atoms with Gasteiger partial charge in [-0.25, -0.2) is 0 Å². The lowest BCUT2D eigenvalue weighted by molar-refractivity contribution is 0.587. The molecule has 1 N–H and O–H groups in total. The first-order valence-corrected chi connectivity index (χ1v) is 7.98. The lowest BCUT2D eigenvalue weighted by Gasteiger charge is -2.29. The zero-order chi connectivity index (χ0) is 13.0. The van der Waals surface area contributed by atoms with Gasteiger partial charge in [0.1, 0.15) is 0 Å². The second-order valence-electron chi connectivity index (χ2n) is 5.25. The van der Waals surface area contributed by atoms with E-state index >= 15 is 0 Å². The summed E-state index contributed by atoms with van der Waals surface area (Å²) in [6.07, 6.45) is 0. The summed E-state index contributed by atoms with van der Waals surface area (Å²) in [5.41, 5.74) is 4.21. The molecule has 0 radical (unpaired) electrons. The van der Waals surface area contributed by atoms with Crippen molar-refractivity contribution in [3.63, 3.8) is 0 Å². The summed E-state index contributed by atoms with van der Waals surface area (Å²) in [5.74, 6) is 2.52. The van der Waals surface area contributed by atoms with Crippen molar-refractivity contribution in [2.75, 3.05) is 29.5 Å². The van der Waals surface area contributed by atoms with Crippen molar-refractivity contribution in [2.24, 2.45) is 0 Å². The first kappa shape index (κ1) is 13.8. The van der Waals surface area contributed by atoms with Crippen LogP contribution < -0.4 is 10.2 Å². The summed E-state index contributed by atoms with van der Waals surface area (Å²) in [6, 6.07) is 7.44. The van der Waals surface area contributed by atoms with E-state index in [2.05, 4.69) is 60.9 Å². The second kappa shape index (κ2) is 6.48. The van der Waals surface area contributed by atoms with Gasteiger partial charge in [0.25, 0.3) is 0 Å². The fourth-order valence-electron chi connectivity index (χ4n) is 2.21. The van der Waals surface area contributed by atoms with Gasteiger partial charge in [0.05, 0.1) is 0 Å². The Labute approximate surface area is 115 Å². The molecule has 100 valence electrons. The predicted molar refractivity (Wildman–Crippen MR) is 82.7 cm³/mol. The molecule has 1 fully saturated rings. The molecule has 2 nitrogen and oxygen atoms in total. The van der Waals surface area contributed by atoms with Crippen molar-refractivity contribution >= 4 is 17.4 Å². The molecule has 0 saturated carbocycles. The molecule has 0 bridgehead atoms. The van der Waals surface area contributed by atoms with E-state index in [0.717, 1.165) is 6.54 Å². The Balaban J connectivity index is 2.04. The number of hydrogen-bond donors (Lipinski definition) is 1. The highest BCUT2D eigenvalue weighted by atomic mass is 32.2. The monoisotopic (exact) mass is 264 g/mol. The van der Waals surface area contributed by atoms with Gasteiger partial charge in [-0.15, -0.1) is 0 Å². The van der Waals surface area contributed by atoms with E-state index in [1.807, 2.05) is 0 Å². The third kappa shape index (κ3) is 3.66. The first-order chi connectivity index (χ1) is 8.66. The minimum Gasteiger partial charge on any atom is -0.370 e. The van der Waals surface area contributed by atoms with Crippen LogP contribution in [-0.4, -0.2) is 30.6 Å². The molecule has 0 aromatic heterocycles. The molecule has 0 unspecified atom stereocenters. The molecule has 2 rings (SSSR count). The molecule has 0 spiro atoms. The number of hydrogen-bond acceptors (Lipinski definition) is 3. The smallest absolute Gasteiger partial charge is 0.0369 e. The normalized spacial score (nSPS) is 16.3. The minimum atomic E-state index is 0.545. The quantitative estimate of drug-likeness (QED) is 0.900. The van der Waals surface area contributed by atoms with Crippen LogP contribution >= 0.6 is 11.8 Å². The van der Waals surface area contributed by atoms with Crippen LogP contribution in [0.5, 0.6) is 0 Å². The molecule has 18 heavy (non-hydrogen) atoms. The van der Waals surface area contributed by atoms with Crippen molar-refractivity contribution in [1.82, 2.24) is 5.32 Å². The standard InChI is InChI=1S/C15H24N2S/c1-12(2)16-11-14-4-5-15(10-13(14)3)17-6-8-18-9-7-17/h4-5,10,12,16H,6-9,11H2,1-3H3. The summed E-state index contributed by atoms with van der Waals surface area (Å²) in [6.45, 7) is 9.95. The molecule has 1 heterocycles. The van der Waals surface area contributed by atoms with Crippen LogP contribution in [0.2, 0.25) is 0 Å². The number of nitrogens with zero attached hydrogens (tertiary/aromatic N) is 1. The minimum absolute atomic E-state index is 0.545. The van der Waals surface area contributed by atoms with Crippen LogP contribution in [0, 0.1) is 6.92 Å². The number of rotatable bonds is 4. The number of anilines is 1. The van der Waals surface area contributed by atoms with Crippen LogP contribution in [0.1, 0.15) is 25.0 Å². The Hall–Kier alpha value is -0.670. The van der Waals surface area contributed by atoms with Crippen LogP contribution in [0.25, 0.3) is 0 Å². The van der Waals surface area contributed by atoms with Crippen LogP contribution in [0.15, 0.2) is 18.2 Å². The van der Waals surface area contributed by atoms with E-state index in [-0.39, 0.29) is 0 Å². The van der Waals surface area contributed by atoms with Crippen molar-refractivity contribution in [1.29, 1.82) is 0 Å². The first-order valence-electron chi connectivity index (χ1n) is 6.82. The Morgan fingerprint density at radius 3 is 2.61 bits per heavy atom. The van der Waals surface area contributed by atoms with E-state index in [0.29, 0.717) is 6.04 Å². The number of benzene rings is 1. The largest absolute Gasteiger partial charge is 0.370 e. The third-order valence-corrected chi connectivity index (χ3v) is 4.35. The van der Waals surface area contributed by atoms with Crippen molar-refractivity contribution in [3.8, 4) is 0 Å². The Bertz CT molecular complexity index is 384. The van der Waals surface area contributed by atoms with Crippen molar-refractivity contribution in [2.45, 2.75) is 33.4 Å². The summed E-state index contributed by atoms with van der Waals surface area (Å²) >= 11 is 2.06. The van der Waals surface area contributed by atoms with Gasteiger partial charge in [0.15, 0.2) is 0 Å². The lowest BCUT2D eigenvalue weighted by atomic mass is 10.1. The zero-order valence-corrected chi connectivity index (χ0v) is 12.5. The summed E-state index contributed by atoms with van der Waals surface area (Å²) in [7, 11) is 0. The molecule has 1 aliphatic rings. The molecule has 1 aromatic rings. The van der Waals surface area contributed by atoms with Crippen LogP contribution in [0.4, 0.5) is 5.69 Å².